The summed E-state index contributed by atoms with van der Waals surface area (Å²) in [5, 5.41) is 6.17. The van der Waals surface area contributed by atoms with Crippen molar-refractivity contribution in [3.05, 3.63) is 82.8 Å². The molecule has 1 atom stereocenters. The van der Waals surface area contributed by atoms with Crippen LogP contribution in [-0.2, 0) is 17.8 Å². The summed E-state index contributed by atoms with van der Waals surface area (Å²) in [6.07, 6.45) is 1.30. The summed E-state index contributed by atoms with van der Waals surface area (Å²) in [4.78, 5) is 25.2. The Bertz CT molecular complexity index is 1020. The third-order valence-electron chi connectivity index (χ3n) is 4.42. The fourth-order valence-electron chi connectivity index (χ4n) is 3.04. The molecule has 1 aliphatic heterocycles. The fourth-order valence-corrected chi connectivity index (χ4v) is 3.24. The van der Waals surface area contributed by atoms with Gasteiger partial charge >= 0.3 is 0 Å². The van der Waals surface area contributed by atoms with E-state index in [1.54, 1.807) is 60.9 Å². The van der Waals surface area contributed by atoms with Crippen LogP contribution in [0.2, 0.25) is 5.02 Å². The molecule has 28 heavy (non-hydrogen) atoms. The van der Waals surface area contributed by atoms with Crippen LogP contribution >= 0.6 is 11.6 Å². The number of hydrogen-bond acceptors (Lipinski definition) is 4. The van der Waals surface area contributed by atoms with Crippen LogP contribution in [0, 0.1) is 0 Å². The van der Waals surface area contributed by atoms with Crippen molar-refractivity contribution in [3.63, 3.8) is 0 Å². The molecule has 7 heteroatoms. The van der Waals surface area contributed by atoms with Crippen LogP contribution in [0.25, 0.3) is 0 Å². The topological polar surface area (TPSA) is 80.6 Å². The Kier molecular flexibility index (Phi) is 5.04. The Hall–Kier alpha value is -3.25. The summed E-state index contributed by atoms with van der Waals surface area (Å²) in [5.74, 6) is 0.660. The van der Waals surface area contributed by atoms with E-state index >= 15 is 0 Å². The summed E-state index contributed by atoms with van der Waals surface area (Å²) in [6, 6.07) is 15.6. The molecular weight excluding hydrogens is 380 g/mol. The van der Waals surface area contributed by atoms with Crippen LogP contribution in [-0.4, -0.2) is 17.9 Å². The minimum Gasteiger partial charge on any atom is -0.480 e. The zero-order chi connectivity index (χ0) is 19.5. The Morgan fingerprint density at radius 2 is 1.96 bits per heavy atom. The average molecular weight is 397 g/mol. The Balaban J connectivity index is 1.44. The van der Waals surface area contributed by atoms with Gasteiger partial charge in [-0.25, -0.2) is 0 Å². The van der Waals surface area contributed by atoms with Crippen molar-refractivity contribution in [3.8, 4) is 5.75 Å². The predicted octanol–water partition coefficient (Wildman–Crippen LogP) is 3.81. The number of carbonyl (C=O) groups is 2. The summed E-state index contributed by atoms with van der Waals surface area (Å²) >= 11 is 6.00. The van der Waals surface area contributed by atoms with Crippen molar-refractivity contribution < 1.29 is 18.7 Å². The molecular formula is C21H17ClN2O4. The first-order valence-electron chi connectivity index (χ1n) is 8.76. The molecule has 142 valence electrons. The van der Waals surface area contributed by atoms with E-state index in [9.17, 15) is 9.59 Å². The van der Waals surface area contributed by atoms with Crippen LogP contribution in [0.1, 0.15) is 21.7 Å². The van der Waals surface area contributed by atoms with Gasteiger partial charge < -0.3 is 19.8 Å². The first kappa shape index (κ1) is 18.1. The van der Waals surface area contributed by atoms with E-state index in [4.69, 9.17) is 20.8 Å². The second-order valence-corrected chi connectivity index (χ2v) is 6.80. The van der Waals surface area contributed by atoms with Gasteiger partial charge in [0.05, 0.1) is 24.1 Å². The third-order valence-corrected chi connectivity index (χ3v) is 4.66. The molecule has 0 aliphatic carbocycles. The molecule has 0 radical (unpaired) electrons. The lowest BCUT2D eigenvalue weighted by atomic mass is 10.1. The third kappa shape index (κ3) is 3.87. The first-order chi connectivity index (χ1) is 13.6. The van der Waals surface area contributed by atoms with E-state index < -0.39 is 6.10 Å². The standard InChI is InChI=1S/C21H17ClN2O4/c22-14-7-8-18-13(10-14)11-19(28-18)21(26)24-17-6-2-1-5-16(17)20(25)23-12-15-4-3-9-27-15/h1-10,19H,11-12H2,(H,23,25)(H,24,26). The van der Waals surface area contributed by atoms with Gasteiger partial charge in [0.15, 0.2) is 6.10 Å². The van der Waals surface area contributed by atoms with E-state index in [0.29, 0.717) is 34.2 Å². The number of para-hydroxylation sites is 1. The van der Waals surface area contributed by atoms with E-state index in [0.717, 1.165) is 5.56 Å². The van der Waals surface area contributed by atoms with Crippen molar-refractivity contribution in [2.45, 2.75) is 19.1 Å². The molecule has 1 aliphatic rings. The maximum atomic E-state index is 12.7. The number of halogens is 1. The second-order valence-electron chi connectivity index (χ2n) is 6.36. The molecule has 1 aromatic heterocycles. The summed E-state index contributed by atoms with van der Waals surface area (Å²) in [5.41, 5.74) is 1.67. The number of benzene rings is 2. The lowest BCUT2D eigenvalue weighted by Gasteiger charge is -2.14. The van der Waals surface area contributed by atoms with E-state index in [2.05, 4.69) is 10.6 Å². The van der Waals surface area contributed by atoms with Crippen LogP contribution in [0.15, 0.2) is 65.3 Å². The quantitative estimate of drug-likeness (QED) is 0.687. The van der Waals surface area contributed by atoms with Gasteiger partial charge in [0.1, 0.15) is 11.5 Å². The molecule has 0 spiro atoms. The van der Waals surface area contributed by atoms with Crippen LogP contribution in [0.3, 0.4) is 0 Å². The second kappa shape index (κ2) is 7.78. The summed E-state index contributed by atoms with van der Waals surface area (Å²) in [7, 11) is 0. The number of fused-ring (bicyclic) bond motifs is 1. The molecule has 0 saturated heterocycles. The zero-order valence-corrected chi connectivity index (χ0v) is 15.5. The molecule has 2 heterocycles. The maximum absolute atomic E-state index is 12.7. The van der Waals surface area contributed by atoms with Gasteiger partial charge in [-0.2, -0.15) is 0 Å². The molecule has 2 N–H and O–H groups in total. The number of anilines is 1. The van der Waals surface area contributed by atoms with E-state index in [1.165, 1.54) is 0 Å². The van der Waals surface area contributed by atoms with Crippen LogP contribution in [0.5, 0.6) is 5.75 Å². The number of hydrogen-bond donors (Lipinski definition) is 2. The Labute approximate surface area is 166 Å². The summed E-state index contributed by atoms with van der Waals surface area (Å²) < 4.78 is 10.9. The SMILES string of the molecule is O=C(NCc1ccco1)c1ccccc1NC(=O)C1Cc2cc(Cl)ccc2O1. The zero-order valence-electron chi connectivity index (χ0n) is 14.8. The van der Waals surface area contributed by atoms with Gasteiger partial charge in [-0.3, -0.25) is 9.59 Å². The normalized spacial score (nSPS) is 14.8. The maximum Gasteiger partial charge on any atom is 0.265 e. The fraction of sp³-hybridized carbons (Fsp3) is 0.143. The number of ether oxygens (including phenoxy) is 1. The lowest BCUT2D eigenvalue weighted by Crippen LogP contribution is -2.32. The van der Waals surface area contributed by atoms with Gasteiger partial charge in [0.2, 0.25) is 0 Å². The molecule has 4 rings (SSSR count). The average Bonchev–Trinajstić information content (AvgIpc) is 3.35. The molecule has 2 amide bonds. The number of amides is 2. The van der Waals surface area contributed by atoms with E-state index in [-0.39, 0.29) is 18.4 Å². The molecule has 0 bridgehead atoms. The number of furan rings is 1. The molecule has 3 aromatic rings. The predicted molar refractivity (Wildman–Crippen MR) is 105 cm³/mol. The van der Waals surface area contributed by atoms with Gasteiger partial charge in [-0.15, -0.1) is 0 Å². The highest BCUT2D eigenvalue weighted by Gasteiger charge is 2.30. The Morgan fingerprint density at radius 1 is 1.11 bits per heavy atom. The number of carbonyl (C=O) groups excluding carboxylic acids is 2. The largest absolute Gasteiger partial charge is 0.480 e. The van der Waals surface area contributed by atoms with Crippen molar-refractivity contribution in [1.82, 2.24) is 5.32 Å². The lowest BCUT2D eigenvalue weighted by molar-refractivity contribution is -0.122. The molecule has 2 aromatic carbocycles. The highest BCUT2D eigenvalue weighted by Crippen LogP contribution is 2.31. The van der Waals surface area contributed by atoms with Crippen molar-refractivity contribution >= 4 is 29.1 Å². The van der Waals surface area contributed by atoms with Gasteiger partial charge in [-0.05, 0) is 48.0 Å². The number of rotatable bonds is 5. The molecule has 6 nitrogen and oxygen atoms in total. The minimum absolute atomic E-state index is 0.260. The Morgan fingerprint density at radius 3 is 2.79 bits per heavy atom. The first-order valence-corrected chi connectivity index (χ1v) is 9.13. The highest BCUT2D eigenvalue weighted by atomic mass is 35.5. The van der Waals surface area contributed by atoms with E-state index in [1.807, 2.05) is 0 Å². The van der Waals surface area contributed by atoms with Crippen molar-refractivity contribution in [2.24, 2.45) is 0 Å². The van der Waals surface area contributed by atoms with Crippen molar-refractivity contribution in [1.29, 1.82) is 0 Å². The van der Waals surface area contributed by atoms with Gasteiger partial charge in [0.25, 0.3) is 11.8 Å². The smallest absolute Gasteiger partial charge is 0.265 e. The highest BCUT2D eigenvalue weighted by molar-refractivity contribution is 6.30. The van der Waals surface area contributed by atoms with Crippen molar-refractivity contribution in [2.75, 3.05) is 5.32 Å². The number of nitrogens with one attached hydrogen (secondary N) is 2. The van der Waals surface area contributed by atoms with Gasteiger partial charge in [0, 0.05) is 11.4 Å². The monoisotopic (exact) mass is 396 g/mol. The van der Waals surface area contributed by atoms with Gasteiger partial charge in [-0.1, -0.05) is 23.7 Å². The molecule has 0 fully saturated rings. The van der Waals surface area contributed by atoms with Crippen LogP contribution < -0.4 is 15.4 Å². The molecule has 0 saturated carbocycles. The van der Waals surface area contributed by atoms with Crippen LogP contribution in [0.4, 0.5) is 5.69 Å². The minimum atomic E-state index is -0.673. The summed E-state index contributed by atoms with van der Waals surface area (Å²) in [6.45, 7) is 0.260. The molecule has 1 unspecified atom stereocenters.